The van der Waals surface area contributed by atoms with Crippen LogP contribution < -0.4 is 26.3 Å². The maximum Gasteiger partial charge on any atom is 0.257 e. The number of nitrogens with zero attached hydrogens (tertiary/aromatic N) is 2. The topological polar surface area (TPSA) is 35.1 Å². The minimum absolute atomic E-state index is 0. The van der Waals surface area contributed by atoms with E-state index in [1.807, 2.05) is 28.8 Å². The van der Waals surface area contributed by atoms with Crippen molar-refractivity contribution >= 4 is 29.0 Å². The highest BCUT2D eigenvalue weighted by molar-refractivity contribution is 6.36. The van der Waals surface area contributed by atoms with Gasteiger partial charge in [0.2, 0.25) is 5.78 Å². The molecule has 0 unspecified atom stereocenters. The van der Waals surface area contributed by atoms with E-state index >= 15 is 0 Å². The Morgan fingerprint density at radius 2 is 1.93 bits per heavy atom. The summed E-state index contributed by atoms with van der Waals surface area (Å²) in [4.78, 5) is 12.8. The lowest BCUT2D eigenvalue weighted by Gasteiger charge is -2.03. The van der Waals surface area contributed by atoms with Crippen LogP contribution >= 0.6 is 23.2 Å². The minimum atomic E-state index is -0.0248. The number of methoxy groups -OCH3 is 1. The number of carbonyl (C=O) groups excluding carboxylic acids is 1. The van der Waals surface area contributed by atoms with E-state index in [1.54, 1.807) is 25.3 Å². The van der Waals surface area contributed by atoms with Crippen molar-refractivity contribution in [3.8, 4) is 17.0 Å². The first-order valence-corrected chi connectivity index (χ1v) is 9.57. The molecule has 7 heteroatoms. The van der Waals surface area contributed by atoms with Crippen LogP contribution in [-0.2, 0) is 19.5 Å². The molecular weight excluding hydrogens is 463 g/mol. The summed E-state index contributed by atoms with van der Waals surface area (Å²) >= 11 is 12.1. The highest BCUT2D eigenvalue weighted by atomic mass is 79.9. The first-order chi connectivity index (χ1) is 13.1. The summed E-state index contributed by atoms with van der Waals surface area (Å²) < 4.78 is 9.58. The molecule has 3 aromatic rings. The Kier molecular flexibility index (Phi) is 6.48. The molecule has 0 saturated heterocycles. The number of Topliss-reactive ketones (excluding diaryl/α,β-unsaturated/α-hetero) is 1. The predicted molar refractivity (Wildman–Crippen MR) is 106 cm³/mol. The molecule has 0 bridgehead atoms. The van der Waals surface area contributed by atoms with Gasteiger partial charge in [-0.15, -0.1) is 0 Å². The Labute approximate surface area is 184 Å². The first-order valence-electron chi connectivity index (χ1n) is 8.81. The van der Waals surface area contributed by atoms with Crippen LogP contribution in [0.4, 0.5) is 0 Å². The van der Waals surface area contributed by atoms with Gasteiger partial charge in [0.25, 0.3) is 5.82 Å². The Bertz CT molecular complexity index is 1020. The number of imidazole rings is 1. The van der Waals surface area contributed by atoms with Crippen LogP contribution in [0.2, 0.25) is 10.0 Å². The maximum atomic E-state index is 12.8. The zero-order valence-electron chi connectivity index (χ0n) is 15.3. The Balaban J connectivity index is 0.00000225. The second kappa shape index (κ2) is 8.68. The lowest BCUT2D eigenvalue weighted by molar-refractivity contribution is -0.689. The van der Waals surface area contributed by atoms with E-state index in [0.717, 1.165) is 36.4 Å². The fraction of sp³-hybridized carbons (Fsp3) is 0.238. The van der Waals surface area contributed by atoms with Crippen molar-refractivity contribution in [2.75, 3.05) is 7.11 Å². The summed E-state index contributed by atoms with van der Waals surface area (Å²) in [6, 6.07) is 13.0. The average molecular weight is 482 g/mol. The standard InChI is InChI=1S/C21H19Cl2N2O2.BrH/c1-27-16-7-4-14(5-8-16)19-12-24(21-3-2-10-25(19)21)13-20(26)17-9-6-15(22)11-18(17)23;/h4-9,11-12H,2-3,10,13H2,1H3;1H/q+1;/p-1. The normalized spacial score (nSPS) is 12.4. The molecule has 28 heavy (non-hydrogen) atoms. The second-order valence-corrected chi connectivity index (χ2v) is 7.43. The smallest absolute Gasteiger partial charge is 0.257 e. The molecule has 0 saturated carbocycles. The van der Waals surface area contributed by atoms with Crippen molar-refractivity contribution in [2.45, 2.75) is 25.9 Å². The van der Waals surface area contributed by atoms with Crippen molar-refractivity contribution in [2.24, 2.45) is 0 Å². The molecule has 0 atom stereocenters. The van der Waals surface area contributed by atoms with Crippen LogP contribution in [0.3, 0.4) is 0 Å². The summed E-state index contributed by atoms with van der Waals surface area (Å²) in [7, 11) is 1.66. The van der Waals surface area contributed by atoms with E-state index in [1.165, 1.54) is 5.82 Å². The molecule has 0 aliphatic carbocycles. The molecule has 0 N–H and O–H groups in total. The number of benzene rings is 2. The Morgan fingerprint density at radius 1 is 1.18 bits per heavy atom. The predicted octanol–water partition coefficient (Wildman–Crippen LogP) is 1.59. The molecule has 0 spiro atoms. The minimum Gasteiger partial charge on any atom is -1.00 e. The highest BCUT2D eigenvalue weighted by Crippen LogP contribution is 2.27. The van der Waals surface area contributed by atoms with Gasteiger partial charge < -0.3 is 21.7 Å². The highest BCUT2D eigenvalue weighted by Gasteiger charge is 2.30. The van der Waals surface area contributed by atoms with Gasteiger partial charge in [0.05, 0.1) is 25.1 Å². The SMILES string of the molecule is COc1ccc(-c2c[n+](CC(=O)c3ccc(Cl)cc3Cl)c3n2CCC3)cc1.[Br-]. The fourth-order valence-corrected chi connectivity index (χ4v) is 4.11. The van der Waals surface area contributed by atoms with Gasteiger partial charge in [-0.25, -0.2) is 9.13 Å². The summed E-state index contributed by atoms with van der Waals surface area (Å²) in [6.07, 6.45) is 4.09. The number of fused-ring (bicyclic) bond motifs is 1. The van der Waals surface area contributed by atoms with Gasteiger partial charge in [-0.3, -0.25) is 4.79 Å². The van der Waals surface area contributed by atoms with Crippen molar-refractivity contribution in [1.29, 1.82) is 0 Å². The van der Waals surface area contributed by atoms with Gasteiger partial charge in [0.1, 0.15) is 11.9 Å². The monoisotopic (exact) mass is 480 g/mol. The first kappa shape index (κ1) is 20.9. The van der Waals surface area contributed by atoms with E-state index in [0.29, 0.717) is 15.6 Å². The number of halogens is 3. The van der Waals surface area contributed by atoms with Gasteiger partial charge in [-0.2, -0.15) is 0 Å². The van der Waals surface area contributed by atoms with Gasteiger partial charge in [-0.1, -0.05) is 23.2 Å². The molecular formula is C21H19BrCl2N2O2. The Hall–Kier alpha value is -1.82. The van der Waals surface area contributed by atoms with Crippen LogP contribution in [0.5, 0.6) is 5.75 Å². The number of rotatable bonds is 5. The Morgan fingerprint density at radius 3 is 2.61 bits per heavy atom. The van der Waals surface area contributed by atoms with Crippen molar-refractivity contribution in [1.82, 2.24) is 4.57 Å². The third kappa shape index (κ3) is 3.97. The quantitative estimate of drug-likeness (QED) is 0.409. The van der Waals surface area contributed by atoms with E-state index < -0.39 is 0 Å². The maximum absolute atomic E-state index is 12.8. The van der Waals surface area contributed by atoms with Crippen LogP contribution in [0, 0.1) is 0 Å². The lowest BCUT2D eigenvalue weighted by Crippen LogP contribution is -3.00. The van der Waals surface area contributed by atoms with Crippen LogP contribution in [0.25, 0.3) is 11.3 Å². The number of hydrogen-bond acceptors (Lipinski definition) is 2. The summed E-state index contributed by atoms with van der Waals surface area (Å²) in [6.45, 7) is 1.21. The molecule has 1 aromatic heterocycles. The van der Waals surface area contributed by atoms with Gasteiger partial charge in [0.15, 0.2) is 12.2 Å². The van der Waals surface area contributed by atoms with E-state index in [9.17, 15) is 4.79 Å². The largest absolute Gasteiger partial charge is 1.00 e. The van der Waals surface area contributed by atoms with Crippen LogP contribution in [-0.4, -0.2) is 17.5 Å². The van der Waals surface area contributed by atoms with E-state index in [-0.39, 0.29) is 29.3 Å². The molecule has 146 valence electrons. The van der Waals surface area contributed by atoms with E-state index in [4.69, 9.17) is 27.9 Å². The van der Waals surface area contributed by atoms with Crippen molar-refractivity contribution < 1.29 is 31.1 Å². The molecule has 2 heterocycles. The van der Waals surface area contributed by atoms with E-state index in [2.05, 4.69) is 10.8 Å². The van der Waals surface area contributed by atoms with Gasteiger partial charge >= 0.3 is 0 Å². The lowest BCUT2D eigenvalue weighted by atomic mass is 10.1. The van der Waals surface area contributed by atoms with Crippen LogP contribution in [0.15, 0.2) is 48.7 Å². The summed E-state index contributed by atoms with van der Waals surface area (Å²) in [5.74, 6) is 1.97. The summed E-state index contributed by atoms with van der Waals surface area (Å²) in [5, 5.41) is 0.912. The van der Waals surface area contributed by atoms with Crippen molar-refractivity contribution in [3.63, 3.8) is 0 Å². The molecule has 1 aliphatic heterocycles. The molecule has 0 amide bonds. The molecule has 0 radical (unpaired) electrons. The molecule has 4 nitrogen and oxygen atoms in total. The average Bonchev–Trinajstić information content (AvgIpc) is 3.25. The molecule has 1 aliphatic rings. The van der Waals surface area contributed by atoms with Crippen LogP contribution in [0.1, 0.15) is 22.6 Å². The van der Waals surface area contributed by atoms with Gasteiger partial charge in [-0.05, 0) is 48.9 Å². The number of ketones is 1. The summed E-state index contributed by atoms with van der Waals surface area (Å²) in [5.41, 5.74) is 2.72. The zero-order valence-corrected chi connectivity index (χ0v) is 18.4. The number of hydrogen-bond donors (Lipinski definition) is 0. The third-order valence-corrected chi connectivity index (χ3v) is 5.47. The zero-order chi connectivity index (χ0) is 19.0. The van der Waals surface area contributed by atoms with Crippen molar-refractivity contribution in [3.05, 3.63) is 70.1 Å². The molecule has 4 rings (SSSR count). The number of ether oxygens (including phenoxy) is 1. The molecule has 2 aromatic carbocycles. The third-order valence-electron chi connectivity index (χ3n) is 4.93. The number of carbonyl (C=O) groups is 1. The van der Waals surface area contributed by atoms with Gasteiger partial charge in [0, 0.05) is 16.1 Å². The second-order valence-electron chi connectivity index (χ2n) is 6.59. The number of aromatic nitrogens is 2. The molecule has 0 fully saturated rings. The fourth-order valence-electron chi connectivity index (χ4n) is 3.59.